The molecule has 1 aromatic heterocycles. The van der Waals surface area contributed by atoms with Gasteiger partial charge in [-0.15, -0.1) is 6.58 Å². The average Bonchev–Trinajstić information content (AvgIpc) is 2.54. The predicted octanol–water partition coefficient (Wildman–Crippen LogP) is 3.57. The Balaban J connectivity index is 2.28. The summed E-state index contributed by atoms with van der Waals surface area (Å²) in [7, 11) is 0. The maximum atomic E-state index is 12.0. The number of carbonyl (C=O) groups is 1. The van der Waals surface area contributed by atoms with Crippen LogP contribution in [0.2, 0.25) is 0 Å². The summed E-state index contributed by atoms with van der Waals surface area (Å²) in [5.74, 6) is 0.735. The maximum Gasteiger partial charge on any atom is 0.270 e. The van der Waals surface area contributed by atoms with Crippen LogP contribution in [0.4, 0.5) is 11.5 Å². The van der Waals surface area contributed by atoms with Gasteiger partial charge < -0.3 is 10.6 Å². The van der Waals surface area contributed by atoms with E-state index in [0.29, 0.717) is 24.0 Å². The molecule has 23 heavy (non-hydrogen) atoms. The molecule has 5 heteroatoms. The molecule has 0 aliphatic heterocycles. The molecule has 2 aromatic rings. The first-order chi connectivity index (χ1) is 11.0. The summed E-state index contributed by atoms with van der Waals surface area (Å²) >= 11 is 0. The minimum Gasteiger partial charge on any atom is -0.347 e. The van der Waals surface area contributed by atoms with E-state index >= 15 is 0 Å². The van der Waals surface area contributed by atoms with Crippen molar-refractivity contribution in [1.82, 2.24) is 15.3 Å². The van der Waals surface area contributed by atoms with Gasteiger partial charge in [0.1, 0.15) is 17.8 Å². The number of hydrogen-bond donors (Lipinski definition) is 2. The van der Waals surface area contributed by atoms with Crippen LogP contribution in [-0.2, 0) is 0 Å². The molecule has 0 bridgehead atoms. The monoisotopic (exact) mass is 310 g/mol. The molecular formula is C18H22N4O. The van der Waals surface area contributed by atoms with E-state index in [4.69, 9.17) is 0 Å². The molecule has 1 amide bonds. The molecule has 2 N–H and O–H groups in total. The summed E-state index contributed by atoms with van der Waals surface area (Å²) in [6, 6.07) is 7.84. The summed E-state index contributed by atoms with van der Waals surface area (Å²) in [6.07, 6.45) is 3.01. The van der Waals surface area contributed by atoms with Gasteiger partial charge >= 0.3 is 0 Å². The summed E-state index contributed by atoms with van der Waals surface area (Å²) in [6.45, 7) is 10.3. The number of amides is 1. The van der Waals surface area contributed by atoms with Gasteiger partial charge in [-0.2, -0.15) is 0 Å². The Bertz CT molecular complexity index is 710. The van der Waals surface area contributed by atoms with Gasteiger partial charge in [-0.05, 0) is 24.0 Å². The molecule has 120 valence electrons. The van der Waals surface area contributed by atoms with E-state index in [1.807, 2.05) is 19.1 Å². The summed E-state index contributed by atoms with van der Waals surface area (Å²) in [5, 5.41) is 6.03. The first-order valence-electron chi connectivity index (χ1n) is 7.60. The van der Waals surface area contributed by atoms with Crippen molar-refractivity contribution < 1.29 is 4.79 Å². The molecule has 1 heterocycles. The molecule has 5 nitrogen and oxygen atoms in total. The Morgan fingerprint density at radius 1 is 1.35 bits per heavy atom. The zero-order valence-corrected chi connectivity index (χ0v) is 13.8. The number of aromatic nitrogens is 2. The van der Waals surface area contributed by atoms with Crippen LogP contribution in [0.1, 0.15) is 41.4 Å². The van der Waals surface area contributed by atoms with Crippen LogP contribution in [0.5, 0.6) is 0 Å². The maximum absolute atomic E-state index is 12.0. The lowest BCUT2D eigenvalue weighted by Gasteiger charge is -2.17. The molecule has 2 rings (SSSR count). The lowest BCUT2D eigenvalue weighted by Crippen LogP contribution is -2.24. The molecule has 0 aliphatic carbocycles. The van der Waals surface area contributed by atoms with Crippen LogP contribution < -0.4 is 10.6 Å². The third kappa shape index (κ3) is 4.16. The Kier molecular flexibility index (Phi) is 5.46. The molecule has 0 spiro atoms. The Hall–Kier alpha value is -2.69. The SMILES string of the molecule is C=CCNC(=O)c1cc(Nc2c(C)cccc2C(C)C)ncn1. The van der Waals surface area contributed by atoms with E-state index in [0.717, 1.165) is 11.3 Å². The number of nitrogens with one attached hydrogen (secondary N) is 2. The van der Waals surface area contributed by atoms with E-state index in [1.165, 1.54) is 11.9 Å². The number of para-hydroxylation sites is 1. The zero-order valence-electron chi connectivity index (χ0n) is 13.8. The Morgan fingerprint density at radius 2 is 2.13 bits per heavy atom. The van der Waals surface area contributed by atoms with Gasteiger partial charge in [-0.1, -0.05) is 38.1 Å². The average molecular weight is 310 g/mol. The topological polar surface area (TPSA) is 66.9 Å². The lowest BCUT2D eigenvalue weighted by molar-refractivity contribution is 0.0953. The molecular weight excluding hydrogens is 288 g/mol. The fourth-order valence-electron chi connectivity index (χ4n) is 2.28. The third-order valence-electron chi connectivity index (χ3n) is 3.49. The first-order valence-corrected chi connectivity index (χ1v) is 7.60. The van der Waals surface area contributed by atoms with Crippen LogP contribution in [0.3, 0.4) is 0 Å². The normalized spacial score (nSPS) is 10.4. The molecule has 0 radical (unpaired) electrons. The molecule has 0 unspecified atom stereocenters. The molecule has 1 aromatic carbocycles. The van der Waals surface area contributed by atoms with Gasteiger partial charge in [0.25, 0.3) is 5.91 Å². The largest absolute Gasteiger partial charge is 0.347 e. The van der Waals surface area contributed by atoms with Crippen molar-refractivity contribution in [3.63, 3.8) is 0 Å². The lowest BCUT2D eigenvalue weighted by atomic mass is 9.98. The number of carbonyl (C=O) groups excluding carboxylic acids is 1. The van der Waals surface area contributed by atoms with E-state index in [2.05, 4.69) is 47.1 Å². The highest BCUT2D eigenvalue weighted by Crippen LogP contribution is 2.29. The fraction of sp³-hybridized carbons (Fsp3) is 0.278. The number of hydrogen-bond acceptors (Lipinski definition) is 4. The number of anilines is 2. The number of rotatable bonds is 6. The van der Waals surface area contributed by atoms with Gasteiger partial charge in [0.2, 0.25) is 0 Å². The summed E-state index contributed by atoms with van der Waals surface area (Å²) < 4.78 is 0. The minimum atomic E-state index is -0.246. The molecule has 0 aliphatic rings. The van der Waals surface area contributed by atoms with Crippen LogP contribution >= 0.6 is 0 Å². The van der Waals surface area contributed by atoms with Crippen molar-refractivity contribution in [3.05, 3.63) is 60.1 Å². The van der Waals surface area contributed by atoms with Crippen molar-refractivity contribution in [2.45, 2.75) is 26.7 Å². The third-order valence-corrected chi connectivity index (χ3v) is 3.49. The fourth-order valence-corrected chi connectivity index (χ4v) is 2.28. The molecule has 0 atom stereocenters. The van der Waals surface area contributed by atoms with Crippen LogP contribution in [-0.4, -0.2) is 22.4 Å². The van der Waals surface area contributed by atoms with Crippen molar-refractivity contribution >= 4 is 17.4 Å². The summed E-state index contributed by atoms with van der Waals surface area (Å²) in [5.41, 5.74) is 3.69. The van der Waals surface area contributed by atoms with Gasteiger partial charge in [0.05, 0.1) is 0 Å². The minimum absolute atomic E-state index is 0.246. The Labute approximate surface area is 136 Å². The second kappa shape index (κ2) is 7.54. The van der Waals surface area contributed by atoms with E-state index < -0.39 is 0 Å². The molecule has 0 saturated heterocycles. The quantitative estimate of drug-likeness (QED) is 0.801. The van der Waals surface area contributed by atoms with Crippen molar-refractivity contribution in [2.75, 3.05) is 11.9 Å². The molecule has 0 saturated carbocycles. The second-order valence-corrected chi connectivity index (χ2v) is 5.61. The predicted molar refractivity (Wildman–Crippen MR) is 93.1 cm³/mol. The van der Waals surface area contributed by atoms with Crippen molar-refractivity contribution in [3.8, 4) is 0 Å². The van der Waals surface area contributed by atoms with Crippen LogP contribution in [0, 0.1) is 6.92 Å². The highest BCUT2D eigenvalue weighted by atomic mass is 16.1. The van der Waals surface area contributed by atoms with Crippen molar-refractivity contribution in [2.24, 2.45) is 0 Å². The van der Waals surface area contributed by atoms with Gasteiger partial charge in [0.15, 0.2) is 0 Å². The highest BCUT2D eigenvalue weighted by Gasteiger charge is 2.12. The van der Waals surface area contributed by atoms with Crippen LogP contribution in [0.25, 0.3) is 0 Å². The van der Waals surface area contributed by atoms with Crippen LogP contribution in [0.15, 0.2) is 43.2 Å². The highest BCUT2D eigenvalue weighted by molar-refractivity contribution is 5.93. The number of nitrogens with zero attached hydrogens (tertiary/aromatic N) is 2. The smallest absolute Gasteiger partial charge is 0.270 e. The van der Waals surface area contributed by atoms with Gasteiger partial charge in [-0.3, -0.25) is 4.79 Å². The molecule has 0 fully saturated rings. The summed E-state index contributed by atoms with van der Waals surface area (Å²) in [4.78, 5) is 20.2. The Morgan fingerprint density at radius 3 is 2.83 bits per heavy atom. The van der Waals surface area contributed by atoms with E-state index in [1.54, 1.807) is 12.1 Å². The van der Waals surface area contributed by atoms with Gasteiger partial charge in [-0.25, -0.2) is 9.97 Å². The zero-order chi connectivity index (χ0) is 16.8. The van der Waals surface area contributed by atoms with Crippen molar-refractivity contribution in [1.29, 1.82) is 0 Å². The van der Waals surface area contributed by atoms with Gasteiger partial charge in [0, 0.05) is 18.3 Å². The standard InChI is InChI=1S/C18H22N4O/c1-5-9-19-18(23)15-10-16(21-11-20-15)22-17-13(4)7-6-8-14(17)12(2)3/h5-8,10-12H,1,9H2,2-4H3,(H,19,23)(H,20,21,22). The second-order valence-electron chi connectivity index (χ2n) is 5.61. The number of aryl methyl sites for hydroxylation is 1. The number of benzene rings is 1. The van der Waals surface area contributed by atoms with E-state index in [-0.39, 0.29) is 5.91 Å². The first kappa shape index (κ1) is 16.7. The van der Waals surface area contributed by atoms with E-state index in [9.17, 15) is 4.79 Å².